The van der Waals surface area contributed by atoms with E-state index >= 15 is 0 Å². The van der Waals surface area contributed by atoms with Crippen LogP contribution in [0.4, 0.5) is 0 Å². The van der Waals surface area contributed by atoms with Crippen LogP contribution in [0.15, 0.2) is 42.5 Å². The van der Waals surface area contributed by atoms with E-state index in [9.17, 15) is 0 Å². The lowest BCUT2D eigenvalue weighted by Crippen LogP contribution is -2.55. The molecule has 4 fully saturated rings. The molecule has 2 N–H and O–H groups in total. The maximum absolute atomic E-state index is 6.59. The van der Waals surface area contributed by atoms with Gasteiger partial charge < -0.3 is 10.6 Å². The first-order valence-corrected chi connectivity index (χ1v) is 14.3. The van der Waals surface area contributed by atoms with Gasteiger partial charge in [0.15, 0.2) is 0 Å². The number of nitrogens with zero attached hydrogens (tertiary/aromatic N) is 2. The second-order valence-electron chi connectivity index (χ2n) is 11.0. The quantitative estimate of drug-likeness (QED) is 0.293. The standard InChI is InChI=1S/C29H33Cl3N4/c1-17-26(16-33-8-9-34-28-21-11-18-10-19(13-21)14-22(28)12-18)35-36(27-7-6-24(31)15-25(27)32)29(17)20-2-4-23(30)5-3-20/h2-7,15,18-19,21-22,28,33-34H,8-14,16H2,1H3. The van der Waals surface area contributed by atoms with E-state index in [2.05, 4.69) is 17.6 Å². The minimum absolute atomic E-state index is 0.569. The van der Waals surface area contributed by atoms with E-state index in [0.29, 0.717) is 21.6 Å². The molecule has 0 radical (unpaired) electrons. The van der Waals surface area contributed by atoms with Crippen molar-refractivity contribution in [2.75, 3.05) is 13.1 Å². The van der Waals surface area contributed by atoms with Gasteiger partial charge in [0.05, 0.1) is 22.1 Å². The fourth-order valence-corrected chi connectivity index (χ4v) is 7.89. The first kappa shape index (κ1) is 24.8. The molecule has 0 spiro atoms. The van der Waals surface area contributed by atoms with Crippen LogP contribution in [0.5, 0.6) is 0 Å². The minimum Gasteiger partial charge on any atom is -0.312 e. The summed E-state index contributed by atoms with van der Waals surface area (Å²) < 4.78 is 1.93. The molecule has 4 saturated carbocycles. The Bertz CT molecular complexity index is 1210. The van der Waals surface area contributed by atoms with E-state index < -0.39 is 0 Å². The molecule has 36 heavy (non-hydrogen) atoms. The molecular formula is C29H33Cl3N4. The molecule has 0 aliphatic heterocycles. The molecule has 1 aromatic heterocycles. The van der Waals surface area contributed by atoms with Crippen molar-refractivity contribution in [2.24, 2.45) is 23.7 Å². The van der Waals surface area contributed by atoms with Crippen LogP contribution in [0, 0.1) is 30.6 Å². The van der Waals surface area contributed by atoms with Gasteiger partial charge in [0.2, 0.25) is 0 Å². The van der Waals surface area contributed by atoms with Crippen molar-refractivity contribution in [3.63, 3.8) is 0 Å². The Hall–Kier alpha value is -1.56. The monoisotopic (exact) mass is 542 g/mol. The van der Waals surface area contributed by atoms with Gasteiger partial charge in [0, 0.05) is 41.3 Å². The van der Waals surface area contributed by atoms with Crippen LogP contribution in [0.1, 0.15) is 43.4 Å². The van der Waals surface area contributed by atoms with Crippen molar-refractivity contribution >= 4 is 34.8 Å². The first-order chi connectivity index (χ1) is 17.5. The molecule has 4 aliphatic carbocycles. The summed E-state index contributed by atoms with van der Waals surface area (Å²) in [5.74, 6) is 3.85. The third kappa shape index (κ3) is 4.83. The molecule has 190 valence electrons. The smallest absolute Gasteiger partial charge is 0.0840 e. The van der Waals surface area contributed by atoms with Crippen LogP contribution < -0.4 is 10.6 Å². The van der Waals surface area contributed by atoms with Gasteiger partial charge in [0.1, 0.15) is 0 Å². The molecule has 2 aromatic carbocycles. The van der Waals surface area contributed by atoms with Gasteiger partial charge in [-0.05, 0) is 98.6 Å². The summed E-state index contributed by atoms with van der Waals surface area (Å²) in [6.07, 6.45) is 7.32. The van der Waals surface area contributed by atoms with Gasteiger partial charge in [-0.25, -0.2) is 4.68 Å². The Balaban J connectivity index is 1.15. The second-order valence-corrected chi connectivity index (χ2v) is 12.3. The third-order valence-corrected chi connectivity index (χ3v) is 9.47. The molecule has 3 aromatic rings. The minimum atomic E-state index is 0.569. The van der Waals surface area contributed by atoms with Crippen LogP contribution >= 0.6 is 34.8 Å². The third-order valence-electron chi connectivity index (χ3n) is 8.68. The lowest BCUT2D eigenvalue weighted by Gasteiger charge is -2.54. The summed E-state index contributed by atoms with van der Waals surface area (Å²) in [6.45, 7) is 4.75. The molecule has 0 saturated heterocycles. The van der Waals surface area contributed by atoms with Gasteiger partial charge in [-0.3, -0.25) is 0 Å². The van der Waals surface area contributed by atoms with Crippen molar-refractivity contribution < 1.29 is 0 Å². The Morgan fingerprint density at radius 2 is 1.53 bits per heavy atom. The lowest BCUT2D eigenvalue weighted by atomic mass is 9.54. The number of halogens is 3. The van der Waals surface area contributed by atoms with E-state index in [0.717, 1.165) is 71.0 Å². The van der Waals surface area contributed by atoms with E-state index in [4.69, 9.17) is 39.9 Å². The van der Waals surface area contributed by atoms with Crippen LogP contribution in [-0.4, -0.2) is 28.9 Å². The molecular weight excluding hydrogens is 511 g/mol. The van der Waals surface area contributed by atoms with Crippen molar-refractivity contribution in [1.29, 1.82) is 0 Å². The predicted molar refractivity (Wildman–Crippen MR) is 149 cm³/mol. The zero-order chi connectivity index (χ0) is 24.8. The maximum atomic E-state index is 6.59. The van der Waals surface area contributed by atoms with Gasteiger partial charge in [-0.1, -0.05) is 46.9 Å². The highest BCUT2D eigenvalue weighted by atomic mass is 35.5. The summed E-state index contributed by atoms with van der Waals surface area (Å²) in [4.78, 5) is 0. The highest BCUT2D eigenvalue weighted by Crippen LogP contribution is 2.53. The lowest BCUT2D eigenvalue weighted by molar-refractivity contribution is -0.0133. The first-order valence-electron chi connectivity index (χ1n) is 13.2. The molecule has 7 rings (SSSR count). The van der Waals surface area contributed by atoms with Crippen molar-refractivity contribution in [1.82, 2.24) is 20.4 Å². The highest BCUT2D eigenvalue weighted by molar-refractivity contribution is 6.35. The fourth-order valence-electron chi connectivity index (χ4n) is 7.28. The number of nitrogens with one attached hydrogen (secondary N) is 2. The average Bonchev–Trinajstić information content (AvgIpc) is 3.16. The molecule has 4 bridgehead atoms. The Labute approximate surface area is 228 Å². The molecule has 1 heterocycles. The number of aromatic nitrogens is 2. The molecule has 0 amide bonds. The summed E-state index contributed by atoms with van der Waals surface area (Å²) in [5.41, 5.74) is 5.01. The zero-order valence-electron chi connectivity index (χ0n) is 20.6. The Morgan fingerprint density at radius 1 is 0.861 bits per heavy atom. The van der Waals surface area contributed by atoms with Crippen molar-refractivity contribution in [2.45, 2.75) is 51.6 Å². The van der Waals surface area contributed by atoms with E-state index in [1.807, 2.05) is 41.1 Å². The van der Waals surface area contributed by atoms with E-state index in [1.54, 1.807) is 6.07 Å². The number of hydrogen-bond acceptors (Lipinski definition) is 3. The normalized spacial score (nSPS) is 26.6. The van der Waals surface area contributed by atoms with Gasteiger partial charge in [0.25, 0.3) is 0 Å². The van der Waals surface area contributed by atoms with Crippen LogP contribution in [0.2, 0.25) is 15.1 Å². The van der Waals surface area contributed by atoms with E-state index in [-0.39, 0.29) is 0 Å². The summed E-state index contributed by atoms with van der Waals surface area (Å²) in [6, 6.07) is 14.1. The molecule has 0 atom stereocenters. The number of rotatable bonds is 8. The van der Waals surface area contributed by atoms with E-state index in [1.165, 1.54) is 32.1 Å². The second kappa shape index (κ2) is 10.3. The Kier molecular flexibility index (Phi) is 7.09. The molecule has 4 nitrogen and oxygen atoms in total. The number of benzene rings is 2. The summed E-state index contributed by atoms with van der Waals surface area (Å²) in [5, 5.41) is 14.4. The van der Waals surface area contributed by atoms with Gasteiger partial charge in [-0.15, -0.1) is 0 Å². The topological polar surface area (TPSA) is 41.9 Å². The predicted octanol–water partition coefficient (Wildman–Crippen LogP) is 7.31. The van der Waals surface area contributed by atoms with Crippen LogP contribution in [-0.2, 0) is 6.54 Å². The fraction of sp³-hybridized carbons (Fsp3) is 0.483. The molecule has 7 heteroatoms. The SMILES string of the molecule is Cc1c(CNCCNC2C3CC4CC(C3)CC2C4)nn(-c2ccc(Cl)cc2Cl)c1-c1ccc(Cl)cc1. The Morgan fingerprint density at radius 3 is 2.19 bits per heavy atom. The number of hydrogen-bond donors (Lipinski definition) is 2. The molecule has 0 unspecified atom stereocenters. The van der Waals surface area contributed by atoms with Crippen LogP contribution in [0.3, 0.4) is 0 Å². The largest absolute Gasteiger partial charge is 0.312 e. The average molecular weight is 544 g/mol. The maximum Gasteiger partial charge on any atom is 0.0840 e. The van der Waals surface area contributed by atoms with Gasteiger partial charge in [-0.2, -0.15) is 5.10 Å². The van der Waals surface area contributed by atoms with Crippen molar-refractivity contribution in [3.05, 3.63) is 68.8 Å². The van der Waals surface area contributed by atoms with Crippen molar-refractivity contribution in [3.8, 4) is 16.9 Å². The summed E-state index contributed by atoms with van der Waals surface area (Å²) in [7, 11) is 0. The molecule has 4 aliphatic rings. The van der Waals surface area contributed by atoms with Gasteiger partial charge >= 0.3 is 0 Å². The van der Waals surface area contributed by atoms with Crippen LogP contribution in [0.25, 0.3) is 16.9 Å². The zero-order valence-corrected chi connectivity index (χ0v) is 22.9. The highest BCUT2D eigenvalue weighted by Gasteiger charge is 2.47. The summed E-state index contributed by atoms with van der Waals surface area (Å²) >= 11 is 18.9.